The van der Waals surface area contributed by atoms with Crippen LogP contribution in [0, 0.1) is 12.8 Å². The quantitative estimate of drug-likeness (QED) is 0.809. The first-order valence-corrected chi connectivity index (χ1v) is 9.15. The average molecular weight is 292 g/mol. The summed E-state index contributed by atoms with van der Waals surface area (Å²) in [6, 6.07) is 9.53. The van der Waals surface area contributed by atoms with Gasteiger partial charge in [-0.1, -0.05) is 38.1 Å². The Balaban J connectivity index is 1.91. The Kier molecular flexibility index (Phi) is 6.44. The maximum atomic E-state index is 3.77. The molecular formula is C18H29NS. The largest absolute Gasteiger partial charge is 0.313 e. The van der Waals surface area contributed by atoms with Gasteiger partial charge in [0.1, 0.15) is 0 Å². The van der Waals surface area contributed by atoms with Crippen molar-refractivity contribution in [1.82, 2.24) is 5.32 Å². The maximum Gasteiger partial charge on any atom is 0.0207 e. The summed E-state index contributed by atoms with van der Waals surface area (Å²) in [4.78, 5) is 0. The predicted octanol–water partition coefficient (Wildman–Crippen LogP) is 4.79. The van der Waals surface area contributed by atoms with E-state index in [0.717, 1.165) is 23.0 Å². The summed E-state index contributed by atoms with van der Waals surface area (Å²) < 4.78 is 0. The maximum absolute atomic E-state index is 3.77. The SMILES string of the molecule is CCCNC1CCC(C)CC1SCc1ccccc1C. The molecular weight excluding hydrogens is 262 g/mol. The van der Waals surface area contributed by atoms with E-state index in [9.17, 15) is 0 Å². The number of nitrogens with one attached hydrogen (secondary N) is 1. The summed E-state index contributed by atoms with van der Waals surface area (Å²) in [6.07, 6.45) is 5.36. The van der Waals surface area contributed by atoms with E-state index in [0.29, 0.717) is 0 Å². The van der Waals surface area contributed by atoms with Gasteiger partial charge in [0, 0.05) is 17.0 Å². The molecule has 1 aromatic carbocycles. The van der Waals surface area contributed by atoms with Crippen LogP contribution in [0.25, 0.3) is 0 Å². The van der Waals surface area contributed by atoms with Gasteiger partial charge in [-0.2, -0.15) is 11.8 Å². The van der Waals surface area contributed by atoms with Crippen molar-refractivity contribution in [2.45, 2.75) is 63.5 Å². The molecule has 0 bridgehead atoms. The number of rotatable bonds is 6. The van der Waals surface area contributed by atoms with E-state index >= 15 is 0 Å². The molecule has 0 radical (unpaired) electrons. The van der Waals surface area contributed by atoms with E-state index in [2.05, 4.69) is 62.1 Å². The summed E-state index contributed by atoms with van der Waals surface area (Å²) in [5, 5.41) is 4.55. The predicted molar refractivity (Wildman–Crippen MR) is 91.4 cm³/mol. The van der Waals surface area contributed by atoms with E-state index in [1.54, 1.807) is 0 Å². The van der Waals surface area contributed by atoms with Crippen molar-refractivity contribution in [3.8, 4) is 0 Å². The normalized spacial score (nSPS) is 26.6. The lowest BCUT2D eigenvalue weighted by atomic mass is 9.87. The van der Waals surface area contributed by atoms with Gasteiger partial charge in [-0.25, -0.2) is 0 Å². The molecule has 2 rings (SSSR count). The van der Waals surface area contributed by atoms with Crippen molar-refractivity contribution >= 4 is 11.8 Å². The molecule has 2 heteroatoms. The highest BCUT2D eigenvalue weighted by Gasteiger charge is 2.28. The van der Waals surface area contributed by atoms with Crippen molar-refractivity contribution in [3.05, 3.63) is 35.4 Å². The summed E-state index contributed by atoms with van der Waals surface area (Å²) in [6.45, 7) is 8.07. The van der Waals surface area contributed by atoms with Crippen LogP contribution in [-0.4, -0.2) is 17.8 Å². The van der Waals surface area contributed by atoms with Crippen molar-refractivity contribution in [2.24, 2.45) is 5.92 Å². The molecule has 1 aliphatic rings. The van der Waals surface area contributed by atoms with Crippen LogP contribution in [0.1, 0.15) is 50.7 Å². The number of aryl methyl sites for hydroxylation is 1. The molecule has 0 aromatic heterocycles. The third kappa shape index (κ3) is 4.53. The van der Waals surface area contributed by atoms with Gasteiger partial charge < -0.3 is 5.32 Å². The molecule has 1 saturated carbocycles. The molecule has 0 amide bonds. The smallest absolute Gasteiger partial charge is 0.0207 e. The first kappa shape index (κ1) is 15.9. The Morgan fingerprint density at radius 1 is 1.25 bits per heavy atom. The lowest BCUT2D eigenvalue weighted by molar-refractivity contribution is 0.317. The minimum absolute atomic E-state index is 0.722. The molecule has 112 valence electrons. The molecule has 20 heavy (non-hydrogen) atoms. The van der Waals surface area contributed by atoms with Gasteiger partial charge >= 0.3 is 0 Å². The Morgan fingerprint density at radius 3 is 2.80 bits per heavy atom. The summed E-state index contributed by atoms with van der Waals surface area (Å²) in [5.41, 5.74) is 2.94. The molecule has 0 heterocycles. The third-order valence-corrected chi connectivity index (χ3v) is 5.85. The van der Waals surface area contributed by atoms with Crippen molar-refractivity contribution < 1.29 is 0 Å². The fraction of sp³-hybridized carbons (Fsp3) is 0.667. The van der Waals surface area contributed by atoms with Gasteiger partial charge in [0.2, 0.25) is 0 Å². The van der Waals surface area contributed by atoms with Gasteiger partial charge in [0.15, 0.2) is 0 Å². The fourth-order valence-electron chi connectivity index (χ4n) is 3.04. The van der Waals surface area contributed by atoms with E-state index in [1.807, 2.05) is 0 Å². The second-order valence-electron chi connectivity index (χ2n) is 6.25. The van der Waals surface area contributed by atoms with Crippen molar-refractivity contribution in [2.75, 3.05) is 6.54 Å². The van der Waals surface area contributed by atoms with Crippen LogP contribution in [0.3, 0.4) is 0 Å². The molecule has 3 atom stereocenters. The second kappa shape index (κ2) is 8.09. The monoisotopic (exact) mass is 291 g/mol. The Morgan fingerprint density at radius 2 is 2.05 bits per heavy atom. The first-order valence-electron chi connectivity index (χ1n) is 8.10. The Hall–Kier alpha value is -0.470. The van der Waals surface area contributed by atoms with Crippen molar-refractivity contribution in [3.63, 3.8) is 0 Å². The number of hydrogen-bond donors (Lipinski definition) is 1. The summed E-state index contributed by atoms with van der Waals surface area (Å²) >= 11 is 2.16. The van der Waals surface area contributed by atoms with Gasteiger partial charge in [0.05, 0.1) is 0 Å². The van der Waals surface area contributed by atoms with Gasteiger partial charge in [0.25, 0.3) is 0 Å². The van der Waals surface area contributed by atoms with E-state index in [1.165, 1.54) is 43.4 Å². The highest BCUT2D eigenvalue weighted by atomic mass is 32.2. The van der Waals surface area contributed by atoms with E-state index in [-0.39, 0.29) is 0 Å². The molecule has 1 N–H and O–H groups in total. The van der Waals surface area contributed by atoms with Crippen LogP contribution < -0.4 is 5.32 Å². The van der Waals surface area contributed by atoms with Gasteiger partial charge in [-0.15, -0.1) is 0 Å². The fourth-order valence-corrected chi connectivity index (χ4v) is 4.69. The van der Waals surface area contributed by atoms with Crippen molar-refractivity contribution in [1.29, 1.82) is 0 Å². The highest BCUT2D eigenvalue weighted by Crippen LogP contribution is 2.34. The molecule has 1 fully saturated rings. The number of benzene rings is 1. The molecule has 0 saturated heterocycles. The summed E-state index contributed by atoms with van der Waals surface area (Å²) in [7, 11) is 0. The zero-order valence-corrected chi connectivity index (χ0v) is 14.0. The molecule has 1 aliphatic carbocycles. The topological polar surface area (TPSA) is 12.0 Å². The first-order chi connectivity index (χ1) is 9.70. The number of thioether (sulfide) groups is 1. The lowest BCUT2D eigenvalue weighted by Crippen LogP contribution is -2.42. The summed E-state index contributed by atoms with van der Waals surface area (Å²) in [5.74, 6) is 2.05. The average Bonchev–Trinajstić information content (AvgIpc) is 2.45. The van der Waals surface area contributed by atoms with Gasteiger partial charge in [-0.05, 0) is 56.2 Å². The molecule has 3 unspecified atom stereocenters. The van der Waals surface area contributed by atoms with Crippen LogP contribution in [0.15, 0.2) is 24.3 Å². The van der Waals surface area contributed by atoms with E-state index < -0.39 is 0 Å². The van der Waals surface area contributed by atoms with E-state index in [4.69, 9.17) is 0 Å². The lowest BCUT2D eigenvalue weighted by Gasteiger charge is -2.35. The minimum Gasteiger partial charge on any atom is -0.313 e. The zero-order chi connectivity index (χ0) is 14.4. The van der Waals surface area contributed by atoms with Crippen LogP contribution in [0.5, 0.6) is 0 Å². The molecule has 1 nitrogen and oxygen atoms in total. The molecule has 1 aromatic rings. The van der Waals surface area contributed by atoms with Crippen LogP contribution in [-0.2, 0) is 5.75 Å². The molecule has 0 aliphatic heterocycles. The second-order valence-corrected chi connectivity index (χ2v) is 7.48. The van der Waals surface area contributed by atoms with Crippen LogP contribution in [0.2, 0.25) is 0 Å². The number of hydrogen-bond acceptors (Lipinski definition) is 2. The highest BCUT2D eigenvalue weighted by molar-refractivity contribution is 7.99. The Labute approximate surface area is 128 Å². The molecule has 0 spiro atoms. The standard InChI is InChI=1S/C18H29NS/c1-4-11-19-17-10-9-14(2)12-18(17)20-13-16-8-6-5-7-15(16)3/h5-8,14,17-19H,4,9-13H2,1-3H3. The minimum atomic E-state index is 0.722. The third-order valence-electron chi connectivity index (χ3n) is 4.42. The van der Waals surface area contributed by atoms with Gasteiger partial charge in [-0.3, -0.25) is 0 Å². The van der Waals surface area contributed by atoms with Crippen LogP contribution in [0.4, 0.5) is 0 Å². The zero-order valence-electron chi connectivity index (χ0n) is 13.2. The van der Waals surface area contributed by atoms with Crippen LogP contribution >= 0.6 is 11.8 Å². The Bertz CT molecular complexity index is 402.